The molecule has 1 fully saturated rings. The standard InChI is InChI=1S/C23H26FNO5/c1-4-29-19-11-16(22(27)28)7-10-18(19)21-13-23(3,25-14(2)26)12-20(30-21)15-5-8-17(24)9-6-15/h5-11,20-21H,4,12-13H2,1-3H3,(H,25,26)(H,27,28)/t20-,21+,23-/m0/s1. The summed E-state index contributed by atoms with van der Waals surface area (Å²) in [5, 5.41) is 12.3. The minimum absolute atomic E-state index is 0.123. The van der Waals surface area contributed by atoms with E-state index in [0.717, 1.165) is 5.56 Å². The second-order valence-electron chi connectivity index (χ2n) is 7.81. The van der Waals surface area contributed by atoms with Crippen molar-refractivity contribution < 1.29 is 28.6 Å². The van der Waals surface area contributed by atoms with Crippen molar-refractivity contribution in [1.29, 1.82) is 0 Å². The Morgan fingerprint density at radius 1 is 1.20 bits per heavy atom. The van der Waals surface area contributed by atoms with Gasteiger partial charge in [-0.3, -0.25) is 4.79 Å². The van der Waals surface area contributed by atoms with E-state index in [4.69, 9.17) is 9.47 Å². The van der Waals surface area contributed by atoms with E-state index in [2.05, 4.69) is 5.32 Å². The summed E-state index contributed by atoms with van der Waals surface area (Å²) in [7, 11) is 0. The Bertz CT molecular complexity index is 930. The smallest absolute Gasteiger partial charge is 0.335 e. The van der Waals surface area contributed by atoms with Gasteiger partial charge < -0.3 is 19.9 Å². The lowest BCUT2D eigenvalue weighted by Crippen LogP contribution is -2.50. The Balaban J connectivity index is 2.00. The second kappa shape index (κ2) is 8.83. The predicted molar refractivity (Wildman–Crippen MR) is 109 cm³/mol. The highest BCUT2D eigenvalue weighted by atomic mass is 19.1. The topological polar surface area (TPSA) is 84.9 Å². The highest BCUT2D eigenvalue weighted by Gasteiger charge is 2.40. The maximum atomic E-state index is 13.4. The first kappa shape index (κ1) is 21.8. The molecule has 7 heteroatoms. The first-order chi connectivity index (χ1) is 14.2. The van der Waals surface area contributed by atoms with Crippen molar-refractivity contribution in [2.24, 2.45) is 0 Å². The molecule has 1 amide bonds. The summed E-state index contributed by atoms with van der Waals surface area (Å²) in [6.45, 7) is 5.61. The number of carboxylic acid groups (broad SMARTS) is 1. The molecule has 0 unspecified atom stereocenters. The van der Waals surface area contributed by atoms with Crippen molar-refractivity contribution in [2.45, 2.75) is 51.4 Å². The van der Waals surface area contributed by atoms with Crippen LogP contribution in [0.5, 0.6) is 5.75 Å². The van der Waals surface area contributed by atoms with E-state index in [1.165, 1.54) is 31.2 Å². The number of carbonyl (C=O) groups is 2. The zero-order valence-corrected chi connectivity index (χ0v) is 17.3. The Labute approximate surface area is 175 Å². The van der Waals surface area contributed by atoms with Crippen LogP contribution in [0.1, 0.15) is 67.3 Å². The van der Waals surface area contributed by atoms with Gasteiger partial charge in [0.25, 0.3) is 0 Å². The summed E-state index contributed by atoms with van der Waals surface area (Å²) in [6, 6.07) is 10.8. The monoisotopic (exact) mass is 415 g/mol. The molecule has 30 heavy (non-hydrogen) atoms. The molecule has 3 rings (SSSR count). The molecule has 1 heterocycles. The first-order valence-electron chi connectivity index (χ1n) is 9.90. The maximum Gasteiger partial charge on any atom is 0.335 e. The van der Waals surface area contributed by atoms with Crippen LogP contribution in [0.15, 0.2) is 42.5 Å². The van der Waals surface area contributed by atoms with Gasteiger partial charge in [-0.05, 0) is 43.7 Å². The lowest BCUT2D eigenvalue weighted by molar-refractivity contribution is -0.126. The summed E-state index contributed by atoms with van der Waals surface area (Å²) in [4.78, 5) is 23.2. The molecule has 0 bridgehead atoms. The van der Waals surface area contributed by atoms with E-state index in [1.54, 1.807) is 18.2 Å². The van der Waals surface area contributed by atoms with Gasteiger partial charge >= 0.3 is 5.97 Å². The Morgan fingerprint density at radius 3 is 2.47 bits per heavy atom. The van der Waals surface area contributed by atoms with Crippen LogP contribution in [0.4, 0.5) is 4.39 Å². The molecular weight excluding hydrogens is 389 g/mol. The molecule has 0 spiro atoms. The van der Waals surface area contributed by atoms with E-state index in [-0.39, 0.29) is 23.4 Å². The van der Waals surface area contributed by atoms with Crippen LogP contribution in [-0.2, 0) is 9.53 Å². The molecule has 1 aliphatic heterocycles. The summed E-state index contributed by atoms with van der Waals surface area (Å²) in [5.41, 5.74) is 1.07. The van der Waals surface area contributed by atoms with Crippen LogP contribution in [0.2, 0.25) is 0 Å². The van der Waals surface area contributed by atoms with Crippen molar-refractivity contribution in [3.63, 3.8) is 0 Å². The Hall–Kier alpha value is -2.93. The molecular formula is C23H26FNO5. The van der Waals surface area contributed by atoms with Crippen LogP contribution in [0.25, 0.3) is 0 Å². The van der Waals surface area contributed by atoms with Gasteiger partial charge in [0.05, 0.1) is 24.4 Å². The van der Waals surface area contributed by atoms with E-state index in [1.807, 2.05) is 13.8 Å². The van der Waals surface area contributed by atoms with Gasteiger partial charge in [0.2, 0.25) is 5.91 Å². The quantitative estimate of drug-likeness (QED) is 0.730. The molecule has 0 aromatic heterocycles. The van der Waals surface area contributed by atoms with Crippen molar-refractivity contribution >= 4 is 11.9 Å². The minimum atomic E-state index is -1.04. The van der Waals surface area contributed by atoms with Gasteiger partial charge in [0.15, 0.2) is 0 Å². The molecule has 1 saturated heterocycles. The highest BCUT2D eigenvalue weighted by Crippen LogP contribution is 2.45. The number of amides is 1. The fourth-order valence-electron chi connectivity index (χ4n) is 3.99. The number of halogens is 1. The summed E-state index contributed by atoms with van der Waals surface area (Å²) in [6.07, 6.45) is 0.174. The van der Waals surface area contributed by atoms with Crippen LogP contribution in [0.3, 0.4) is 0 Å². The molecule has 2 aromatic carbocycles. The fourth-order valence-corrected chi connectivity index (χ4v) is 3.99. The predicted octanol–water partition coefficient (Wildman–Crippen LogP) is 4.41. The molecule has 0 aliphatic carbocycles. The number of rotatable bonds is 6. The minimum Gasteiger partial charge on any atom is -0.493 e. The van der Waals surface area contributed by atoms with E-state index in [0.29, 0.717) is 30.8 Å². The largest absolute Gasteiger partial charge is 0.493 e. The van der Waals surface area contributed by atoms with E-state index < -0.39 is 17.6 Å². The number of hydrogen-bond acceptors (Lipinski definition) is 4. The molecule has 2 aromatic rings. The number of hydrogen-bond donors (Lipinski definition) is 2. The average molecular weight is 415 g/mol. The molecule has 3 atom stereocenters. The number of carboxylic acids is 1. The number of ether oxygens (including phenoxy) is 2. The molecule has 1 aliphatic rings. The third-order valence-corrected chi connectivity index (χ3v) is 5.23. The first-order valence-corrected chi connectivity index (χ1v) is 9.90. The van der Waals surface area contributed by atoms with Gasteiger partial charge in [0, 0.05) is 30.9 Å². The SMILES string of the molecule is CCOc1cc(C(=O)O)ccc1[C@H]1C[C@@](C)(NC(C)=O)C[C@@H](c2ccc(F)cc2)O1. The Kier molecular flexibility index (Phi) is 6.41. The summed E-state index contributed by atoms with van der Waals surface area (Å²) >= 11 is 0. The molecule has 6 nitrogen and oxygen atoms in total. The number of carbonyl (C=O) groups excluding carboxylic acids is 1. The molecule has 160 valence electrons. The van der Waals surface area contributed by atoms with Gasteiger partial charge in [-0.2, -0.15) is 0 Å². The average Bonchev–Trinajstić information content (AvgIpc) is 2.67. The van der Waals surface area contributed by atoms with E-state index >= 15 is 0 Å². The molecule has 0 radical (unpaired) electrons. The summed E-state index contributed by atoms with van der Waals surface area (Å²) < 4.78 is 25.5. The number of nitrogens with one attached hydrogen (secondary N) is 1. The van der Waals surface area contributed by atoms with Crippen LogP contribution in [-0.4, -0.2) is 29.1 Å². The van der Waals surface area contributed by atoms with Gasteiger partial charge in [-0.25, -0.2) is 9.18 Å². The molecule has 2 N–H and O–H groups in total. The van der Waals surface area contributed by atoms with Gasteiger partial charge in [-0.1, -0.05) is 18.2 Å². The summed E-state index contributed by atoms with van der Waals surface area (Å²) in [5.74, 6) is -1.09. The normalized spacial score (nSPS) is 23.6. The molecule has 0 saturated carbocycles. The van der Waals surface area contributed by atoms with Crippen molar-refractivity contribution in [2.75, 3.05) is 6.61 Å². The highest BCUT2D eigenvalue weighted by molar-refractivity contribution is 5.88. The van der Waals surface area contributed by atoms with Crippen molar-refractivity contribution in [3.8, 4) is 5.75 Å². The van der Waals surface area contributed by atoms with Gasteiger partial charge in [0.1, 0.15) is 11.6 Å². The fraction of sp³-hybridized carbons (Fsp3) is 0.391. The Morgan fingerprint density at radius 2 is 1.87 bits per heavy atom. The second-order valence-corrected chi connectivity index (χ2v) is 7.81. The van der Waals surface area contributed by atoms with Crippen molar-refractivity contribution in [1.82, 2.24) is 5.32 Å². The zero-order valence-electron chi connectivity index (χ0n) is 17.3. The van der Waals surface area contributed by atoms with E-state index in [9.17, 15) is 19.1 Å². The van der Waals surface area contributed by atoms with Gasteiger partial charge in [-0.15, -0.1) is 0 Å². The third-order valence-electron chi connectivity index (χ3n) is 5.23. The lowest BCUT2D eigenvalue weighted by atomic mass is 9.81. The maximum absolute atomic E-state index is 13.4. The van der Waals surface area contributed by atoms with Crippen LogP contribution in [0, 0.1) is 5.82 Å². The number of benzene rings is 2. The lowest BCUT2D eigenvalue weighted by Gasteiger charge is -2.43. The van der Waals surface area contributed by atoms with Crippen molar-refractivity contribution in [3.05, 3.63) is 65.0 Å². The third kappa shape index (κ3) is 4.97. The number of aromatic carboxylic acids is 1. The van der Waals surface area contributed by atoms with Crippen LogP contribution < -0.4 is 10.1 Å². The van der Waals surface area contributed by atoms with Crippen LogP contribution >= 0.6 is 0 Å². The zero-order chi connectivity index (χ0) is 21.9.